The molecule has 0 saturated carbocycles. The van der Waals surface area contributed by atoms with Gasteiger partial charge in [-0.05, 0) is 26.0 Å². The predicted molar refractivity (Wildman–Crippen MR) is 74.9 cm³/mol. The summed E-state index contributed by atoms with van der Waals surface area (Å²) in [5.74, 6) is -0.202. The zero-order valence-electron chi connectivity index (χ0n) is 10.9. The minimum absolute atomic E-state index is 0.148. The second-order valence-electron chi connectivity index (χ2n) is 4.31. The highest BCUT2D eigenvalue weighted by Gasteiger charge is 2.12. The summed E-state index contributed by atoms with van der Waals surface area (Å²) >= 11 is 1.40. The van der Waals surface area contributed by atoms with Crippen LogP contribution in [0.5, 0.6) is 0 Å². The first kappa shape index (κ1) is 13.6. The minimum Gasteiger partial charge on any atom is -0.345 e. The molecule has 3 N–H and O–H groups in total. The Hall–Kier alpha value is -1.79. The zero-order valence-corrected chi connectivity index (χ0v) is 11.7. The average molecular weight is 276 g/mol. The van der Waals surface area contributed by atoms with Gasteiger partial charge >= 0.3 is 0 Å². The third kappa shape index (κ3) is 3.59. The molecule has 5 nitrogen and oxygen atoms in total. The molecule has 0 radical (unpaired) electrons. The molecule has 2 heterocycles. The number of hydrogen-bond donors (Lipinski definition) is 2. The van der Waals surface area contributed by atoms with Crippen molar-refractivity contribution < 1.29 is 4.79 Å². The van der Waals surface area contributed by atoms with Gasteiger partial charge in [0.2, 0.25) is 0 Å². The highest BCUT2D eigenvalue weighted by Crippen LogP contribution is 2.15. The number of nitrogens with one attached hydrogen (secondary N) is 1. The quantitative estimate of drug-likeness (QED) is 0.892. The van der Waals surface area contributed by atoms with Crippen LogP contribution < -0.4 is 11.1 Å². The Morgan fingerprint density at radius 2 is 2.26 bits per heavy atom. The van der Waals surface area contributed by atoms with Gasteiger partial charge in [-0.2, -0.15) is 0 Å². The summed E-state index contributed by atoms with van der Waals surface area (Å²) in [6.45, 7) is 4.16. The Morgan fingerprint density at radius 1 is 1.47 bits per heavy atom. The number of thiazole rings is 1. The fourth-order valence-corrected chi connectivity index (χ4v) is 2.32. The van der Waals surface area contributed by atoms with E-state index >= 15 is 0 Å². The number of aromatic nitrogens is 2. The number of hydrogen-bond acceptors (Lipinski definition) is 5. The van der Waals surface area contributed by atoms with Crippen molar-refractivity contribution in [3.63, 3.8) is 0 Å². The molecule has 0 aliphatic carbocycles. The van der Waals surface area contributed by atoms with Crippen LogP contribution in [-0.4, -0.2) is 15.9 Å². The van der Waals surface area contributed by atoms with Crippen LogP contribution >= 0.6 is 11.3 Å². The predicted octanol–water partition coefficient (Wildman–Crippen LogP) is 1.80. The molecule has 0 spiro atoms. The lowest BCUT2D eigenvalue weighted by Crippen LogP contribution is -2.23. The van der Waals surface area contributed by atoms with Gasteiger partial charge < -0.3 is 11.1 Å². The molecule has 100 valence electrons. The molecule has 1 amide bonds. The number of carbonyl (C=O) groups excluding carboxylic acids is 1. The van der Waals surface area contributed by atoms with E-state index in [0.29, 0.717) is 12.2 Å². The Bertz CT molecular complexity index is 580. The van der Waals surface area contributed by atoms with Gasteiger partial charge in [0.15, 0.2) is 0 Å². The van der Waals surface area contributed by atoms with Gasteiger partial charge in [-0.3, -0.25) is 9.78 Å². The number of carbonyl (C=O) groups is 1. The van der Waals surface area contributed by atoms with E-state index in [9.17, 15) is 4.79 Å². The second kappa shape index (κ2) is 5.90. The molecule has 19 heavy (non-hydrogen) atoms. The lowest BCUT2D eigenvalue weighted by atomic mass is 10.3. The summed E-state index contributed by atoms with van der Waals surface area (Å²) in [4.78, 5) is 20.4. The van der Waals surface area contributed by atoms with Crippen molar-refractivity contribution in [3.8, 4) is 0 Å². The van der Waals surface area contributed by atoms with Crippen LogP contribution in [0.1, 0.15) is 39.8 Å². The fraction of sp³-hybridized carbons (Fsp3) is 0.308. The Balaban J connectivity index is 1.97. The minimum atomic E-state index is -0.202. The number of rotatable bonds is 4. The average Bonchev–Trinajstić information content (AvgIpc) is 2.86. The van der Waals surface area contributed by atoms with E-state index in [0.717, 1.165) is 16.4 Å². The van der Waals surface area contributed by atoms with Crippen LogP contribution in [0.15, 0.2) is 23.6 Å². The monoisotopic (exact) mass is 276 g/mol. The first-order valence-electron chi connectivity index (χ1n) is 5.98. The number of nitrogens with zero attached hydrogens (tertiary/aromatic N) is 2. The largest absolute Gasteiger partial charge is 0.345 e. The van der Waals surface area contributed by atoms with Gasteiger partial charge in [0.05, 0.1) is 18.3 Å². The van der Waals surface area contributed by atoms with Crippen molar-refractivity contribution in [2.75, 3.05) is 0 Å². The van der Waals surface area contributed by atoms with Gasteiger partial charge in [-0.15, -0.1) is 11.3 Å². The maximum absolute atomic E-state index is 11.9. The molecule has 6 heteroatoms. The molecule has 1 unspecified atom stereocenters. The number of amides is 1. The Kier molecular flexibility index (Phi) is 4.24. The summed E-state index contributed by atoms with van der Waals surface area (Å²) in [5, 5.41) is 5.28. The standard InChI is InChI=1S/C13H16N4OS/c1-8-4-3-5-10(16-8)6-15-12(18)11-7-19-13(17-11)9(2)14/h3-5,7,9H,6,14H2,1-2H3,(H,15,18). The van der Waals surface area contributed by atoms with Crippen molar-refractivity contribution in [2.24, 2.45) is 5.73 Å². The molecular formula is C13H16N4OS. The molecule has 0 bridgehead atoms. The highest BCUT2D eigenvalue weighted by atomic mass is 32.1. The molecular weight excluding hydrogens is 260 g/mol. The third-order valence-corrected chi connectivity index (χ3v) is 3.57. The van der Waals surface area contributed by atoms with Crippen LogP contribution in [0.4, 0.5) is 0 Å². The molecule has 2 aromatic rings. The van der Waals surface area contributed by atoms with Gasteiger partial charge in [-0.25, -0.2) is 4.98 Å². The number of nitrogens with two attached hydrogens (primary N) is 1. The van der Waals surface area contributed by atoms with E-state index in [2.05, 4.69) is 15.3 Å². The maximum atomic E-state index is 11.9. The molecule has 0 saturated heterocycles. The molecule has 2 aromatic heterocycles. The fourth-order valence-electron chi connectivity index (χ4n) is 1.56. The number of aryl methyl sites for hydroxylation is 1. The van der Waals surface area contributed by atoms with E-state index < -0.39 is 0 Å². The second-order valence-corrected chi connectivity index (χ2v) is 5.20. The van der Waals surface area contributed by atoms with E-state index in [4.69, 9.17) is 5.73 Å². The van der Waals surface area contributed by atoms with Crippen molar-refractivity contribution >= 4 is 17.2 Å². The Labute approximate surface area is 115 Å². The topological polar surface area (TPSA) is 80.9 Å². The van der Waals surface area contributed by atoms with E-state index in [1.54, 1.807) is 5.38 Å². The molecule has 0 aliphatic heterocycles. The highest BCUT2D eigenvalue weighted by molar-refractivity contribution is 7.09. The number of pyridine rings is 1. The zero-order chi connectivity index (χ0) is 13.8. The lowest BCUT2D eigenvalue weighted by Gasteiger charge is -2.03. The summed E-state index contributed by atoms with van der Waals surface area (Å²) in [5.41, 5.74) is 7.88. The van der Waals surface area contributed by atoms with Gasteiger partial charge in [0, 0.05) is 11.1 Å². The third-order valence-electron chi connectivity index (χ3n) is 2.52. The van der Waals surface area contributed by atoms with Crippen LogP contribution in [0, 0.1) is 6.92 Å². The van der Waals surface area contributed by atoms with E-state index in [1.165, 1.54) is 11.3 Å². The van der Waals surface area contributed by atoms with E-state index in [1.807, 2.05) is 32.0 Å². The van der Waals surface area contributed by atoms with Crippen LogP contribution in [0.2, 0.25) is 0 Å². The normalized spacial score (nSPS) is 12.2. The van der Waals surface area contributed by atoms with Crippen LogP contribution in [0.3, 0.4) is 0 Å². The van der Waals surface area contributed by atoms with Crippen LogP contribution in [-0.2, 0) is 6.54 Å². The van der Waals surface area contributed by atoms with Gasteiger partial charge in [-0.1, -0.05) is 6.07 Å². The Morgan fingerprint density at radius 3 is 2.89 bits per heavy atom. The van der Waals surface area contributed by atoms with Crippen molar-refractivity contribution in [3.05, 3.63) is 45.7 Å². The van der Waals surface area contributed by atoms with Crippen molar-refractivity contribution in [1.82, 2.24) is 15.3 Å². The first-order chi connectivity index (χ1) is 9.06. The summed E-state index contributed by atoms with van der Waals surface area (Å²) in [6, 6.07) is 5.56. The molecule has 0 aromatic carbocycles. The molecule has 0 fully saturated rings. The van der Waals surface area contributed by atoms with Crippen molar-refractivity contribution in [1.29, 1.82) is 0 Å². The molecule has 0 aliphatic rings. The van der Waals surface area contributed by atoms with E-state index in [-0.39, 0.29) is 11.9 Å². The lowest BCUT2D eigenvalue weighted by molar-refractivity contribution is 0.0946. The van der Waals surface area contributed by atoms with Crippen molar-refractivity contribution in [2.45, 2.75) is 26.4 Å². The van der Waals surface area contributed by atoms with Gasteiger partial charge in [0.1, 0.15) is 10.7 Å². The smallest absolute Gasteiger partial charge is 0.271 e. The molecule has 1 atom stereocenters. The summed E-state index contributed by atoms with van der Waals surface area (Å²) < 4.78 is 0. The summed E-state index contributed by atoms with van der Waals surface area (Å²) in [7, 11) is 0. The summed E-state index contributed by atoms with van der Waals surface area (Å²) in [6.07, 6.45) is 0. The maximum Gasteiger partial charge on any atom is 0.271 e. The molecule has 2 rings (SSSR count). The van der Waals surface area contributed by atoms with Crippen LogP contribution in [0.25, 0.3) is 0 Å². The first-order valence-corrected chi connectivity index (χ1v) is 6.86. The SMILES string of the molecule is Cc1cccc(CNC(=O)c2csc(C(C)N)n2)n1. The van der Waals surface area contributed by atoms with Gasteiger partial charge in [0.25, 0.3) is 5.91 Å².